The molecule has 1 aliphatic heterocycles. The van der Waals surface area contributed by atoms with Crippen LogP contribution < -0.4 is 0 Å². The van der Waals surface area contributed by atoms with Crippen LogP contribution in [-0.2, 0) is 4.74 Å². The van der Waals surface area contributed by atoms with Crippen LogP contribution in [0.2, 0.25) is 0 Å². The van der Waals surface area contributed by atoms with Gasteiger partial charge in [-0.1, -0.05) is 12.1 Å². The molecule has 5 heteroatoms. The first-order chi connectivity index (χ1) is 10.1. The maximum absolute atomic E-state index is 12.9. The first-order valence-corrected chi connectivity index (χ1v) is 8.17. The number of hydrogen-bond acceptors (Lipinski definition) is 3. The van der Waals surface area contributed by atoms with Crippen LogP contribution in [0.3, 0.4) is 0 Å². The highest BCUT2D eigenvalue weighted by atomic mass is 79.9. The van der Waals surface area contributed by atoms with Crippen LogP contribution in [0.4, 0.5) is 0 Å². The molecule has 0 aliphatic carbocycles. The molecule has 1 aromatic rings. The second-order valence-corrected chi connectivity index (χ2v) is 6.48. The molecular formula is C16H23BrN2O2. The smallest absolute Gasteiger partial charge is 0.255 e. The second-order valence-electron chi connectivity index (χ2n) is 5.63. The summed E-state index contributed by atoms with van der Waals surface area (Å²) in [6.45, 7) is 3.10. The van der Waals surface area contributed by atoms with Crippen molar-refractivity contribution in [1.29, 1.82) is 0 Å². The van der Waals surface area contributed by atoms with Crippen molar-refractivity contribution in [2.45, 2.75) is 18.9 Å². The van der Waals surface area contributed by atoms with E-state index in [0.717, 1.165) is 49.2 Å². The van der Waals surface area contributed by atoms with Crippen molar-refractivity contribution >= 4 is 21.8 Å². The van der Waals surface area contributed by atoms with Crippen LogP contribution in [0, 0.1) is 0 Å². The quantitative estimate of drug-likeness (QED) is 0.814. The molecule has 2 rings (SSSR count). The van der Waals surface area contributed by atoms with Gasteiger partial charge in [0.1, 0.15) is 0 Å². The fraction of sp³-hybridized carbons (Fsp3) is 0.562. The fourth-order valence-electron chi connectivity index (χ4n) is 2.54. The number of benzene rings is 1. The first kappa shape index (κ1) is 16.5. The molecule has 1 heterocycles. The van der Waals surface area contributed by atoms with Crippen LogP contribution in [0.15, 0.2) is 28.7 Å². The SMILES string of the molecule is CN(C)CCN(C(=O)c1ccccc1Br)C1CCOCC1. The molecule has 0 spiro atoms. The maximum Gasteiger partial charge on any atom is 0.255 e. The summed E-state index contributed by atoms with van der Waals surface area (Å²) in [5.74, 6) is 0.108. The highest BCUT2D eigenvalue weighted by Crippen LogP contribution is 2.22. The summed E-state index contributed by atoms with van der Waals surface area (Å²) in [5, 5.41) is 0. The summed E-state index contributed by atoms with van der Waals surface area (Å²) in [6, 6.07) is 7.92. The summed E-state index contributed by atoms with van der Waals surface area (Å²) in [5.41, 5.74) is 0.739. The molecule has 1 fully saturated rings. The lowest BCUT2D eigenvalue weighted by Crippen LogP contribution is -2.46. The van der Waals surface area contributed by atoms with Crippen molar-refractivity contribution in [3.63, 3.8) is 0 Å². The first-order valence-electron chi connectivity index (χ1n) is 7.37. The van der Waals surface area contributed by atoms with Gasteiger partial charge in [-0.15, -0.1) is 0 Å². The van der Waals surface area contributed by atoms with Crippen molar-refractivity contribution in [3.8, 4) is 0 Å². The third-order valence-corrected chi connectivity index (χ3v) is 4.48. The van der Waals surface area contributed by atoms with E-state index in [1.807, 2.05) is 43.3 Å². The molecule has 1 aromatic carbocycles. The number of carbonyl (C=O) groups excluding carboxylic acids is 1. The van der Waals surface area contributed by atoms with Crippen LogP contribution in [-0.4, -0.2) is 62.1 Å². The maximum atomic E-state index is 12.9. The van der Waals surface area contributed by atoms with Gasteiger partial charge in [0, 0.05) is 36.8 Å². The fourth-order valence-corrected chi connectivity index (χ4v) is 3.00. The van der Waals surface area contributed by atoms with Crippen LogP contribution in [0.5, 0.6) is 0 Å². The van der Waals surface area contributed by atoms with Crippen molar-refractivity contribution in [1.82, 2.24) is 9.80 Å². The Morgan fingerprint density at radius 1 is 1.24 bits per heavy atom. The van der Waals surface area contributed by atoms with E-state index in [4.69, 9.17) is 4.74 Å². The molecule has 116 valence electrons. The van der Waals surface area contributed by atoms with Gasteiger partial charge in [0.05, 0.1) is 5.56 Å². The average molecular weight is 355 g/mol. The van der Waals surface area contributed by atoms with Gasteiger partial charge in [-0.2, -0.15) is 0 Å². The largest absolute Gasteiger partial charge is 0.381 e. The number of likely N-dealkylation sites (N-methyl/N-ethyl adjacent to an activating group) is 1. The van der Waals surface area contributed by atoms with Gasteiger partial charge >= 0.3 is 0 Å². The number of amides is 1. The zero-order valence-corrected chi connectivity index (χ0v) is 14.3. The molecule has 0 saturated carbocycles. The van der Waals surface area contributed by atoms with E-state index < -0.39 is 0 Å². The third-order valence-electron chi connectivity index (χ3n) is 3.78. The lowest BCUT2D eigenvalue weighted by molar-refractivity contribution is 0.0275. The molecule has 0 aromatic heterocycles. The molecule has 0 atom stereocenters. The standard InChI is InChI=1S/C16H23BrN2O2/c1-18(2)9-10-19(13-7-11-21-12-8-13)16(20)14-5-3-4-6-15(14)17/h3-6,13H,7-12H2,1-2H3. The predicted molar refractivity (Wildman–Crippen MR) is 87.6 cm³/mol. The van der Waals surface area contributed by atoms with E-state index in [2.05, 4.69) is 20.8 Å². The Kier molecular flexibility index (Phi) is 6.21. The zero-order chi connectivity index (χ0) is 15.2. The molecule has 0 unspecified atom stereocenters. The normalized spacial score (nSPS) is 16.2. The van der Waals surface area contributed by atoms with Crippen LogP contribution in [0.1, 0.15) is 23.2 Å². The molecule has 0 N–H and O–H groups in total. The number of halogens is 1. The van der Waals surface area contributed by atoms with Gasteiger partial charge in [0.25, 0.3) is 5.91 Å². The minimum atomic E-state index is 0.108. The number of carbonyl (C=O) groups is 1. The minimum absolute atomic E-state index is 0.108. The topological polar surface area (TPSA) is 32.8 Å². The van der Waals surface area contributed by atoms with Gasteiger partial charge in [0.15, 0.2) is 0 Å². The Labute approximate surface area is 135 Å². The second kappa shape index (κ2) is 7.92. The van der Waals surface area contributed by atoms with Crippen LogP contribution in [0.25, 0.3) is 0 Å². The van der Waals surface area contributed by atoms with E-state index in [1.54, 1.807) is 0 Å². The van der Waals surface area contributed by atoms with Crippen LogP contribution >= 0.6 is 15.9 Å². The monoisotopic (exact) mass is 354 g/mol. The number of nitrogens with zero attached hydrogens (tertiary/aromatic N) is 2. The lowest BCUT2D eigenvalue weighted by atomic mass is 10.1. The number of ether oxygens (including phenoxy) is 1. The Morgan fingerprint density at radius 3 is 2.52 bits per heavy atom. The van der Waals surface area contributed by atoms with Gasteiger partial charge < -0.3 is 14.5 Å². The molecule has 1 aliphatic rings. The van der Waals surface area contributed by atoms with E-state index in [0.29, 0.717) is 0 Å². The molecule has 4 nitrogen and oxygen atoms in total. The van der Waals surface area contributed by atoms with Crippen molar-refractivity contribution in [2.75, 3.05) is 40.4 Å². The van der Waals surface area contributed by atoms with Crippen molar-refractivity contribution in [2.24, 2.45) is 0 Å². The van der Waals surface area contributed by atoms with E-state index in [1.165, 1.54) is 0 Å². The summed E-state index contributed by atoms with van der Waals surface area (Å²) in [6.07, 6.45) is 1.84. The average Bonchev–Trinajstić information content (AvgIpc) is 2.48. The molecule has 0 bridgehead atoms. The van der Waals surface area contributed by atoms with E-state index in [-0.39, 0.29) is 11.9 Å². The van der Waals surface area contributed by atoms with Gasteiger partial charge in [-0.05, 0) is 55.0 Å². The molecule has 0 radical (unpaired) electrons. The molecule has 21 heavy (non-hydrogen) atoms. The highest BCUT2D eigenvalue weighted by Gasteiger charge is 2.27. The van der Waals surface area contributed by atoms with Gasteiger partial charge in [0.2, 0.25) is 0 Å². The highest BCUT2D eigenvalue weighted by molar-refractivity contribution is 9.10. The van der Waals surface area contributed by atoms with E-state index in [9.17, 15) is 4.79 Å². The summed E-state index contributed by atoms with van der Waals surface area (Å²) >= 11 is 3.49. The van der Waals surface area contributed by atoms with Crippen molar-refractivity contribution in [3.05, 3.63) is 34.3 Å². The lowest BCUT2D eigenvalue weighted by Gasteiger charge is -2.35. The summed E-state index contributed by atoms with van der Waals surface area (Å²) in [4.78, 5) is 17.0. The Hall–Kier alpha value is -0.910. The summed E-state index contributed by atoms with van der Waals surface area (Å²) in [7, 11) is 4.07. The number of rotatable bonds is 5. The molecule has 1 saturated heterocycles. The minimum Gasteiger partial charge on any atom is -0.381 e. The predicted octanol–water partition coefficient (Wildman–Crippen LogP) is 2.63. The Balaban J connectivity index is 2.17. The van der Waals surface area contributed by atoms with Crippen molar-refractivity contribution < 1.29 is 9.53 Å². The number of hydrogen-bond donors (Lipinski definition) is 0. The molecular weight excluding hydrogens is 332 g/mol. The summed E-state index contributed by atoms with van der Waals surface area (Å²) < 4.78 is 6.29. The molecule has 1 amide bonds. The van der Waals surface area contributed by atoms with E-state index >= 15 is 0 Å². The van der Waals surface area contributed by atoms with Gasteiger partial charge in [-0.3, -0.25) is 4.79 Å². The zero-order valence-electron chi connectivity index (χ0n) is 12.7. The third kappa shape index (κ3) is 4.53. The Morgan fingerprint density at radius 2 is 1.90 bits per heavy atom. The van der Waals surface area contributed by atoms with Gasteiger partial charge in [-0.25, -0.2) is 0 Å². The Bertz CT molecular complexity index is 473.